The molecule has 1 aromatic rings. The summed E-state index contributed by atoms with van der Waals surface area (Å²) in [6.45, 7) is 5.37. The molecule has 0 aliphatic rings. The monoisotopic (exact) mass is 178 g/mol. The van der Waals surface area contributed by atoms with Gasteiger partial charge in [0, 0.05) is 6.20 Å². The molecule has 3 N–H and O–H groups in total. The lowest BCUT2D eigenvalue weighted by Crippen LogP contribution is -2.39. The quantitative estimate of drug-likeness (QED) is 0.640. The second kappa shape index (κ2) is 4.00. The van der Waals surface area contributed by atoms with E-state index < -0.39 is 0 Å². The minimum Gasteiger partial charge on any atom is -0.336 e. The molecule has 0 bridgehead atoms. The molecule has 1 aromatic heterocycles. The Labute approximate surface area is 77.2 Å². The highest BCUT2D eigenvalue weighted by Gasteiger charge is 2.10. The predicted molar refractivity (Wildman–Crippen MR) is 49.8 cm³/mol. The number of hydrogen-bond donors (Lipinski definition) is 2. The predicted octanol–water partition coefficient (Wildman–Crippen LogP) is 0.298. The smallest absolute Gasteiger partial charge is 0.271 e. The summed E-state index contributed by atoms with van der Waals surface area (Å²) >= 11 is 0. The summed E-state index contributed by atoms with van der Waals surface area (Å²) in [5.74, 6) is -0.291. The second-order valence-electron chi connectivity index (χ2n) is 2.77. The van der Waals surface area contributed by atoms with E-state index in [0.717, 1.165) is 0 Å². The molecule has 1 rings (SSSR count). The number of pyridine rings is 1. The molecule has 0 saturated carbocycles. The van der Waals surface area contributed by atoms with Crippen molar-refractivity contribution in [2.45, 2.75) is 13.1 Å². The molecule has 1 radical (unpaired) electrons. The molecule has 0 aromatic carbocycles. The van der Waals surface area contributed by atoms with Crippen molar-refractivity contribution in [3.8, 4) is 0 Å². The van der Waals surface area contributed by atoms with Gasteiger partial charge in [0.1, 0.15) is 5.69 Å². The fraction of sp³-hybridized carbons (Fsp3) is 0.222. The lowest BCUT2D eigenvalue weighted by Gasteiger charge is -2.08. The lowest BCUT2D eigenvalue weighted by atomic mass is 10.2. The van der Waals surface area contributed by atoms with Crippen molar-refractivity contribution < 1.29 is 4.79 Å². The van der Waals surface area contributed by atoms with Crippen LogP contribution in [0.4, 0.5) is 0 Å². The van der Waals surface area contributed by atoms with Crippen LogP contribution in [0.5, 0.6) is 0 Å². The molecule has 0 aliphatic heterocycles. The van der Waals surface area contributed by atoms with Crippen LogP contribution in [-0.4, -0.2) is 17.1 Å². The zero-order valence-electron chi connectivity index (χ0n) is 7.45. The van der Waals surface area contributed by atoms with Crippen LogP contribution in [0.25, 0.3) is 0 Å². The van der Waals surface area contributed by atoms with E-state index >= 15 is 0 Å². The topological polar surface area (TPSA) is 68.0 Å². The summed E-state index contributed by atoms with van der Waals surface area (Å²) in [6, 6.07) is 3.45. The first kappa shape index (κ1) is 9.67. The van der Waals surface area contributed by atoms with Gasteiger partial charge in [0.05, 0.1) is 6.17 Å². The SMILES string of the molecule is [CH2]c1cccnc1C(=O)NC(C)N. The van der Waals surface area contributed by atoms with E-state index in [-0.39, 0.29) is 12.1 Å². The van der Waals surface area contributed by atoms with Gasteiger partial charge in [-0.05, 0) is 25.5 Å². The molecule has 1 heterocycles. The number of amides is 1. The maximum atomic E-state index is 11.4. The maximum absolute atomic E-state index is 11.4. The van der Waals surface area contributed by atoms with Crippen molar-refractivity contribution in [2.75, 3.05) is 0 Å². The molecule has 0 aliphatic carbocycles. The third-order valence-electron chi connectivity index (χ3n) is 1.47. The van der Waals surface area contributed by atoms with Crippen molar-refractivity contribution in [1.29, 1.82) is 0 Å². The van der Waals surface area contributed by atoms with Gasteiger partial charge in [0.15, 0.2) is 0 Å². The molecular weight excluding hydrogens is 166 g/mol. The van der Waals surface area contributed by atoms with E-state index in [9.17, 15) is 4.79 Å². The number of hydrogen-bond acceptors (Lipinski definition) is 3. The van der Waals surface area contributed by atoms with Gasteiger partial charge in [-0.2, -0.15) is 0 Å². The highest BCUT2D eigenvalue weighted by atomic mass is 16.2. The van der Waals surface area contributed by atoms with Crippen molar-refractivity contribution in [1.82, 2.24) is 10.3 Å². The third-order valence-corrected chi connectivity index (χ3v) is 1.47. The van der Waals surface area contributed by atoms with Crippen molar-refractivity contribution >= 4 is 5.91 Å². The Morgan fingerprint density at radius 3 is 3.00 bits per heavy atom. The maximum Gasteiger partial charge on any atom is 0.271 e. The average Bonchev–Trinajstić information content (AvgIpc) is 2.03. The minimum absolute atomic E-state index is 0.291. The van der Waals surface area contributed by atoms with Crippen LogP contribution >= 0.6 is 0 Å². The summed E-state index contributed by atoms with van der Waals surface area (Å²) in [6.07, 6.45) is 1.17. The highest BCUT2D eigenvalue weighted by molar-refractivity contribution is 5.94. The van der Waals surface area contributed by atoms with Crippen LogP contribution in [0.15, 0.2) is 18.3 Å². The minimum atomic E-state index is -0.381. The molecule has 13 heavy (non-hydrogen) atoms. The van der Waals surface area contributed by atoms with Gasteiger partial charge >= 0.3 is 0 Å². The number of carbonyl (C=O) groups is 1. The number of aromatic nitrogens is 1. The molecule has 1 atom stereocenters. The summed E-state index contributed by atoms with van der Waals surface area (Å²) in [5, 5.41) is 2.54. The largest absolute Gasteiger partial charge is 0.336 e. The van der Waals surface area contributed by atoms with Crippen molar-refractivity contribution in [3.63, 3.8) is 0 Å². The number of rotatable bonds is 2. The molecule has 0 fully saturated rings. The second-order valence-corrected chi connectivity index (χ2v) is 2.77. The van der Waals surface area contributed by atoms with E-state index in [4.69, 9.17) is 5.73 Å². The molecule has 1 amide bonds. The number of nitrogens with zero attached hydrogens (tertiary/aromatic N) is 1. The molecule has 1 unspecified atom stereocenters. The Bertz CT molecular complexity index is 309. The zero-order chi connectivity index (χ0) is 9.84. The van der Waals surface area contributed by atoms with E-state index in [2.05, 4.69) is 17.2 Å². The summed E-state index contributed by atoms with van der Waals surface area (Å²) in [5.41, 5.74) is 6.32. The highest BCUT2D eigenvalue weighted by Crippen LogP contribution is 2.02. The molecular formula is C9H12N3O. The van der Waals surface area contributed by atoms with Gasteiger partial charge in [-0.15, -0.1) is 0 Å². The Balaban J connectivity index is 2.83. The third kappa shape index (κ3) is 2.52. The van der Waals surface area contributed by atoms with Gasteiger partial charge < -0.3 is 11.1 Å². The Morgan fingerprint density at radius 1 is 1.77 bits per heavy atom. The van der Waals surface area contributed by atoms with Crippen LogP contribution < -0.4 is 11.1 Å². The molecule has 69 valence electrons. The number of nitrogens with two attached hydrogens (primary N) is 1. The van der Waals surface area contributed by atoms with Gasteiger partial charge in [-0.25, -0.2) is 0 Å². The van der Waals surface area contributed by atoms with Gasteiger partial charge in [-0.1, -0.05) is 6.07 Å². The Hall–Kier alpha value is -1.42. The van der Waals surface area contributed by atoms with Gasteiger partial charge in [0.25, 0.3) is 5.91 Å². The van der Waals surface area contributed by atoms with E-state index in [1.807, 2.05) is 0 Å². The van der Waals surface area contributed by atoms with E-state index in [1.165, 1.54) is 0 Å². The van der Waals surface area contributed by atoms with E-state index in [0.29, 0.717) is 11.3 Å². The summed E-state index contributed by atoms with van der Waals surface area (Å²) in [4.78, 5) is 15.3. The van der Waals surface area contributed by atoms with Gasteiger partial charge in [-0.3, -0.25) is 9.78 Å². The lowest BCUT2D eigenvalue weighted by molar-refractivity contribution is 0.0936. The molecule has 0 saturated heterocycles. The first-order valence-electron chi connectivity index (χ1n) is 3.94. The van der Waals surface area contributed by atoms with Crippen LogP contribution in [0.1, 0.15) is 23.0 Å². The van der Waals surface area contributed by atoms with Crippen LogP contribution in [0.3, 0.4) is 0 Å². The molecule has 4 heteroatoms. The van der Waals surface area contributed by atoms with E-state index in [1.54, 1.807) is 25.3 Å². The first-order valence-corrected chi connectivity index (χ1v) is 3.94. The first-order chi connectivity index (χ1) is 6.11. The summed E-state index contributed by atoms with van der Waals surface area (Å²) < 4.78 is 0. The Morgan fingerprint density at radius 2 is 2.46 bits per heavy atom. The number of carbonyl (C=O) groups excluding carboxylic acids is 1. The number of nitrogens with one attached hydrogen (secondary N) is 1. The Kier molecular flexibility index (Phi) is 2.97. The fourth-order valence-electron chi connectivity index (χ4n) is 0.918. The fourth-order valence-corrected chi connectivity index (χ4v) is 0.918. The van der Waals surface area contributed by atoms with Crippen molar-refractivity contribution in [2.24, 2.45) is 5.73 Å². The van der Waals surface area contributed by atoms with Crippen molar-refractivity contribution in [3.05, 3.63) is 36.5 Å². The van der Waals surface area contributed by atoms with Crippen LogP contribution in [-0.2, 0) is 0 Å². The standard InChI is InChI=1S/C9H12N3O/c1-6-4-3-5-11-8(6)9(13)12-7(2)10/h3-5,7H,1,10H2,2H3,(H,12,13). The zero-order valence-corrected chi connectivity index (χ0v) is 7.45. The van der Waals surface area contributed by atoms with Crippen LogP contribution in [0, 0.1) is 6.92 Å². The van der Waals surface area contributed by atoms with Crippen LogP contribution in [0.2, 0.25) is 0 Å². The average molecular weight is 178 g/mol. The molecule has 4 nitrogen and oxygen atoms in total. The van der Waals surface area contributed by atoms with Gasteiger partial charge in [0.2, 0.25) is 0 Å². The normalized spacial score (nSPS) is 12.2. The summed E-state index contributed by atoms with van der Waals surface area (Å²) in [7, 11) is 0. The molecule has 0 spiro atoms.